The Bertz CT molecular complexity index is 889. The van der Waals surface area contributed by atoms with Gasteiger partial charge in [-0.15, -0.1) is 0 Å². The minimum absolute atomic E-state index is 0.0927. The smallest absolute Gasteiger partial charge is 0.457 e. The molecule has 340 valence electrons. The van der Waals surface area contributed by atoms with Gasteiger partial charge in [0.05, 0.1) is 19.8 Å². The molecule has 0 rings (SSSR count). The number of carbonyl (C=O) groups is 1. The van der Waals surface area contributed by atoms with Crippen LogP contribution in [0.2, 0.25) is 0 Å². The van der Waals surface area contributed by atoms with E-state index in [1.54, 1.807) is 0 Å². The van der Waals surface area contributed by atoms with E-state index in [1.165, 1.54) is 199 Å². The summed E-state index contributed by atoms with van der Waals surface area (Å²) in [6, 6.07) is 0. The molecular formula is C48H96NO7P. The number of carbonyl (C=O) groups excluding carboxylic acids is 1. The summed E-state index contributed by atoms with van der Waals surface area (Å²) in [4.78, 5) is 22.5. The maximum atomic E-state index is 12.6. The molecule has 0 aromatic carbocycles. The maximum absolute atomic E-state index is 12.6. The largest absolute Gasteiger partial charge is 0.472 e. The predicted octanol–water partition coefficient (Wildman–Crippen LogP) is 15.0. The van der Waals surface area contributed by atoms with Crippen molar-refractivity contribution in [2.24, 2.45) is 5.73 Å². The minimum Gasteiger partial charge on any atom is -0.457 e. The quantitative estimate of drug-likeness (QED) is 0.0269. The molecule has 0 spiro atoms. The zero-order valence-electron chi connectivity index (χ0n) is 37.9. The van der Waals surface area contributed by atoms with Crippen LogP contribution in [-0.2, 0) is 27.9 Å². The first kappa shape index (κ1) is 56.2. The molecule has 0 aliphatic carbocycles. The minimum atomic E-state index is -4.28. The van der Waals surface area contributed by atoms with E-state index < -0.39 is 13.9 Å². The van der Waals surface area contributed by atoms with E-state index in [-0.39, 0.29) is 32.3 Å². The molecule has 0 amide bonds. The average molecular weight is 830 g/mol. The fourth-order valence-electron chi connectivity index (χ4n) is 7.29. The second-order valence-corrected chi connectivity index (χ2v) is 18.1. The lowest BCUT2D eigenvalue weighted by Gasteiger charge is -2.20. The highest BCUT2D eigenvalue weighted by Crippen LogP contribution is 2.43. The van der Waals surface area contributed by atoms with E-state index in [1.807, 2.05) is 0 Å². The molecule has 0 aromatic rings. The molecule has 0 saturated heterocycles. The van der Waals surface area contributed by atoms with Crippen molar-refractivity contribution in [3.8, 4) is 0 Å². The predicted molar refractivity (Wildman–Crippen MR) is 243 cm³/mol. The normalized spacial score (nSPS) is 13.4. The summed E-state index contributed by atoms with van der Waals surface area (Å²) in [5.41, 5.74) is 5.38. The first-order valence-electron chi connectivity index (χ1n) is 24.7. The average Bonchev–Trinajstić information content (AvgIpc) is 3.20. The molecule has 57 heavy (non-hydrogen) atoms. The Morgan fingerprint density at radius 3 is 1.28 bits per heavy atom. The lowest BCUT2D eigenvalue weighted by molar-refractivity contribution is -0.154. The third kappa shape index (κ3) is 46.2. The summed E-state index contributed by atoms with van der Waals surface area (Å²) < 4.78 is 33.5. The number of allylic oxidation sites excluding steroid dienone is 2. The number of ether oxygens (including phenoxy) is 2. The Labute approximate surface area is 354 Å². The second-order valence-electron chi connectivity index (χ2n) is 16.7. The highest BCUT2D eigenvalue weighted by Gasteiger charge is 2.25. The summed E-state index contributed by atoms with van der Waals surface area (Å²) in [5.74, 6) is -0.329. The molecule has 8 nitrogen and oxygen atoms in total. The summed E-state index contributed by atoms with van der Waals surface area (Å²) >= 11 is 0. The number of hydrogen-bond acceptors (Lipinski definition) is 7. The number of rotatable bonds is 48. The molecule has 0 radical (unpaired) electrons. The van der Waals surface area contributed by atoms with Crippen molar-refractivity contribution in [1.82, 2.24) is 0 Å². The third-order valence-electron chi connectivity index (χ3n) is 10.9. The van der Waals surface area contributed by atoms with Gasteiger partial charge in [0.2, 0.25) is 0 Å². The van der Waals surface area contributed by atoms with Gasteiger partial charge in [-0.1, -0.05) is 219 Å². The highest BCUT2D eigenvalue weighted by molar-refractivity contribution is 7.47. The van der Waals surface area contributed by atoms with Crippen molar-refractivity contribution in [2.45, 2.75) is 258 Å². The van der Waals surface area contributed by atoms with Crippen LogP contribution in [0.4, 0.5) is 0 Å². The second kappa shape index (κ2) is 46.3. The van der Waals surface area contributed by atoms with Crippen LogP contribution in [0.1, 0.15) is 251 Å². The third-order valence-corrected chi connectivity index (χ3v) is 11.9. The van der Waals surface area contributed by atoms with Gasteiger partial charge in [0.1, 0.15) is 6.10 Å². The first-order chi connectivity index (χ1) is 27.9. The lowest BCUT2D eigenvalue weighted by Crippen LogP contribution is -2.28. The Kier molecular flexibility index (Phi) is 45.7. The Morgan fingerprint density at radius 1 is 0.509 bits per heavy atom. The molecule has 2 atom stereocenters. The summed E-state index contributed by atoms with van der Waals surface area (Å²) in [6.45, 7) is 4.97. The van der Waals surface area contributed by atoms with E-state index in [9.17, 15) is 14.3 Å². The van der Waals surface area contributed by atoms with E-state index in [0.717, 1.165) is 32.1 Å². The molecule has 0 bridgehead atoms. The first-order valence-corrected chi connectivity index (χ1v) is 26.2. The topological polar surface area (TPSA) is 117 Å². The number of esters is 1. The van der Waals surface area contributed by atoms with Gasteiger partial charge in [-0.25, -0.2) is 4.57 Å². The van der Waals surface area contributed by atoms with Crippen LogP contribution in [-0.4, -0.2) is 49.9 Å². The zero-order valence-corrected chi connectivity index (χ0v) is 38.7. The monoisotopic (exact) mass is 830 g/mol. The van der Waals surface area contributed by atoms with Crippen molar-refractivity contribution in [1.29, 1.82) is 0 Å². The molecular weight excluding hydrogens is 734 g/mol. The molecule has 9 heteroatoms. The van der Waals surface area contributed by atoms with Gasteiger partial charge in [-0.3, -0.25) is 13.8 Å². The summed E-state index contributed by atoms with van der Waals surface area (Å²) in [7, 11) is -4.28. The van der Waals surface area contributed by atoms with Gasteiger partial charge in [-0.2, -0.15) is 0 Å². The maximum Gasteiger partial charge on any atom is 0.472 e. The van der Waals surface area contributed by atoms with Crippen molar-refractivity contribution in [3.63, 3.8) is 0 Å². The number of nitrogens with two attached hydrogens (primary N) is 1. The number of hydrogen-bond donors (Lipinski definition) is 2. The SMILES string of the molecule is CCCCCCCC/C=C\CCCCCCCCCC(=O)OC(COCCCCCCCCCCCCCCCCCCCCCCC)COP(=O)(O)OCCN. The Balaban J connectivity index is 3.91. The van der Waals surface area contributed by atoms with Crippen LogP contribution in [0, 0.1) is 0 Å². The van der Waals surface area contributed by atoms with Crippen LogP contribution in [0.15, 0.2) is 12.2 Å². The summed E-state index contributed by atoms with van der Waals surface area (Å²) in [6.07, 6.45) is 51.0. The van der Waals surface area contributed by atoms with Gasteiger partial charge in [-0.05, 0) is 38.5 Å². The van der Waals surface area contributed by atoms with Crippen molar-refractivity contribution >= 4 is 13.8 Å². The number of unbranched alkanes of at least 4 members (excludes halogenated alkanes) is 33. The molecule has 2 unspecified atom stereocenters. The number of phosphoric acid groups is 1. The van der Waals surface area contributed by atoms with E-state index in [2.05, 4.69) is 26.0 Å². The van der Waals surface area contributed by atoms with Gasteiger partial charge < -0.3 is 20.1 Å². The zero-order chi connectivity index (χ0) is 41.6. The summed E-state index contributed by atoms with van der Waals surface area (Å²) in [5, 5.41) is 0. The van der Waals surface area contributed by atoms with E-state index in [4.69, 9.17) is 24.3 Å². The van der Waals surface area contributed by atoms with Gasteiger partial charge in [0.15, 0.2) is 0 Å². The van der Waals surface area contributed by atoms with E-state index in [0.29, 0.717) is 13.0 Å². The van der Waals surface area contributed by atoms with Crippen LogP contribution in [0.5, 0.6) is 0 Å². The molecule has 3 N–H and O–H groups in total. The van der Waals surface area contributed by atoms with Crippen LogP contribution < -0.4 is 5.73 Å². The molecule has 0 aliphatic rings. The highest BCUT2D eigenvalue weighted by atomic mass is 31.2. The van der Waals surface area contributed by atoms with Crippen LogP contribution in [0.25, 0.3) is 0 Å². The molecule has 0 aliphatic heterocycles. The fraction of sp³-hybridized carbons (Fsp3) is 0.938. The Morgan fingerprint density at radius 2 is 0.877 bits per heavy atom. The van der Waals surface area contributed by atoms with Crippen molar-refractivity contribution < 1.29 is 32.8 Å². The van der Waals surface area contributed by atoms with Gasteiger partial charge >= 0.3 is 13.8 Å². The molecule has 0 heterocycles. The van der Waals surface area contributed by atoms with Gasteiger partial charge in [0.25, 0.3) is 0 Å². The molecule has 0 saturated carbocycles. The van der Waals surface area contributed by atoms with E-state index >= 15 is 0 Å². The van der Waals surface area contributed by atoms with Crippen LogP contribution in [0.3, 0.4) is 0 Å². The molecule has 0 fully saturated rings. The Hall–Kier alpha value is -0.760. The van der Waals surface area contributed by atoms with Crippen molar-refractivity contribution in [3.05, 3.63) is 12.2 Å². The standard InChI is InChI=1S/C48H96NO7P/c1-3-5-7-9-11-13-15-17-19-21-22-23-24-26-28-30-32-34-36-38-40-43-53-45-47(46-55-57(51,52)54-44-42-49)56-48(50)41-39-37-35-33-31-29-27-25-20-18-16-14-12-10-8-6-4-2/h18,20,47H,3-17,19,21-46,49H2,1-2H3,(H,51,52)/b20-18-. The lowest BCUT2D eigenvalue weighted by atomic mass is 10.0. The molecule has 0 aromatic heterocycles. The van der Waals surface area contributed by atoms with Gasteiger partial charge in [0, 0.05) is 19.6 Å². The number of phosphoric ester groups is 1. The van der Waals surface area contributed by atoms with Crippen LogP contribution >= 0.6 is 7.82 Å². The fourth-order valence-corrected chi connectivity index (χ4v) is 8.05. The van der Waals surface area contributed by atoms with Crippen molar-refractivity contribution in [2.75, 3.05) is 33.0 Å².